The monoisotopic (exact) mass is 206 g/mol. The summed E-state index contributed by atoms with van der Waals surface area (Å²) in [6.07, 6.45) is 1.11. The average molecular weight is 206 g/mol. The number of hydrogen-bond donors (Lipinski definition) is 0. The number of cyclic esters (lactones) is 2. The molecular weight excluding hydrogens is 196 g/mol. The fraction of sp³-hybridized carbons (Fsp3) is 0.714. The summed E-state index contributed by atoms with van der Waals surface area (Å²) in [5.74, 6) is -1.81. The Labute approximate surface area is 76.0 Å². The van der Waals surface area contributed by atoms with Crippen LogP contribution in [0.2, 0.25) is 0 Å². The van der Waals surface area contributed by atoms with Crippen molar-refractivity contribution in [2.24, 2.45) is 5.92 Å². The maximum atomic E-state index is 10.8. The molecule has 1 fully saturated rings. The largest absolute Gasteiger partial charge is 0.393 e. The van der Waals surface area contributed by atoms with Crippen molar-refractivity contribution >= 4 is 21.8 Å². The van der Waals surface area contributed by atoms with Crippen LogP contribution in [0.1, 0.15) is 12.8 Å². The van der Waals surface area contributed by atoms with E-state index in [4.69, 9.17) is 0 Å². The summed E-state index contributed by atoms with van der Waals surface area (Å²) in [6, 6.07) is 0. The number of hydrogen-bond acceptors (Lipinski definition) is 5. The average Bonchev–Trinajstić information content (AvgIpc) is 1.78. The zero-order chi connectivity index (χ0) is 10.1. The van der Waals surface area contributed by atoms with Gasteiger partial charge in [-0.3, -0.25) is 9.59 Å². The Morgan fingerprint density at radius 2 is 1.77 bits per heavy atom. The smallest absolute Gasteiger partial charge is 0.313 e. The highest BCUT2D eigenvalue weighted by Crippen LogP contribution is 2.18. The van der Waals surface area contributed by atoms with Gasteiger partial charge in [0.25, 0.3) is 0 Å². The van der Waals surface area contributed by atoms with Gasteiger partial charge >= 0.3 is 11.9 Å². The first-order valence-corrected chi connectivity index (χ1v) is 5.84. The van der Waals surface area contributed by atoms with E-state index in [0.29, 0.717) is 0 Å². The van der Waals surface area contributed by atoms with Crippen molar-refractivity contribution in [2.45, 2.75) is 12.8 Å². The van der Waals surface area contributed by atoms with Crippen LogP contribution < -0.4 is 0 Å². The number of esters is 2. The highest BCUT2D eigenvalue weighted by Gasteiger charge is 2.29. The van der Waals surface area contributed by atoms with E-state index in [1.165, 1.54) is 0 Å². The third-order valence-electron chi connectivity index (χ3n) is 1.68. The van der Waals surface area contributed by atoms with Crippen molar-refractivity contribution in [3.63, 3.8) is 0 Å². The van der Waals surface area contributed by atoms with E-state index in [1.54, 1.807) is 0 Å². The van der Waals surface area contributed by atoms with Gasteiger partial charge in [-0.05, 0) is 5.92 Å². The van der Waals surface area contributed by atoms with Gasteiger partial charge in [0.15, 0.2) is 0 Å². The first-order chi connectivity index (χ1) is 5.87. The minimum absolute atomic E-state index is 0.0127. The predicted molar refractivity (Wildman–Crippen MR) is 43.5 cm³/mol. The molecule has 0 spiro atoms. The second-order valence-corrected chi connectivity index (χ2v) is 5.40. The molecule has 0 atom stereocenters. The van der Waals surface area contributed by atoms with Crippen LogP contribution in [0.5, 0.6) is 0 Å². The standard InChI is InChI=1S/C7H10O5S/c1-13(10,11)4-5-2-6(8)12-7(9)3-5/h5H,2-4H2,1H3. The van der Waals surface area contributed by atoms with Gasteiger partial charge in [-0.1, -0.05) is 0 Å². The molecule has 0 radical (unpaired) electrons. The lowest BCUT2D eigenvalue weighted by atomic mass is 10.0. The zero-order valence-corrected chi connectivity index (χ0v) is 7.96. The minimum Gasteiger partial charge on any atom is -0.393 e. The predicted octanol–water partition coefficient (Wildman–Crippen LogP) is -0.489. The molecule has 74 valence electrons. The van der Waals surface area contributed by atoms with E-state index in [9.17, 15) is 18.0 Å². The molecule has 0 unspecified atom stereocenters. The van der Waals surface area contributed by atoms with Crippen molar-refractivity contribution in [1.29, 1.82) is 0 Å². The minimum atomic E-state index is -3.13. The maximum absolute atomic E-state index is 10.8. The van der Waals surface area contributed by atoms with Gasteiger partial charge < -0.3 is 4.74 Å². The maximum Gasteiger partial charge on any atom is 0.313 e. The van der Waals surface area contributed by atoms with Crippen LogP contribution in [0.25, 0.3) is 0 Å². The fourth-order valence-electron chi connectivity index (χ4n) is 1.30. The summed E-state index contributed by atoms with van der Waals surface area (Å²) in [5, 5.41) is 0. The molecule has 5 nitrogen and oxygen atoms in total. The van der Waals surface area contributed by atoms with Crippen LogP contribution in [0.3, 0.4) is 0 Å². The van der Waals surface area contributed by atoms with Crippen LogP contribution in [0.15, 0.2) is 0 Å². The van der Waals surface area contributed by atoms with Gasteiger partial charge in [0.2, 0.25) is 0 Å². The highest BCUT2D eigenvalue weighted by molar-refractivity contribution is 7.90. The first-order valence-electron chi connectivity index (χ1n) is 3.78. The summed E-state index contributed by atoms with van der Waals surface area (Å²) in [6.45, 7) is 0. The van der Waals surface area contributed by atoms with Crippen molar-refractivity contribution in [1.82, 2.24) is 0 Å². The van der Waals surface area contributed by atoms with E-state index < -0.39 is 27.7 Å². The highest BCUT2D eigenvalue weighted by atomic mass is 32.2. The normalized spacial score (nSPS) is 20.1. The van der Waals surface area contributed by atoms with Gasteiger partial charge in [0.1, 0.15) is 9.84 Å². The van der Waals surface area contributed by atoms with E-state index in [1.807, 2.05) is 0 Å². The van der Waals surface area contributed by atoms with Gasteiger partial charge in [-0.15, -0.1) is 0 Å². The molecule has 1 heterocycles. The first kappa shape index (κ1) is 10.2. The molecule has 6 heteroatoms. The van der Waals surface area contributed by atoms with Gasteiger partial charge in [0.05, 0.1) is 18.6 Å². The van der Waals surface area contributed by atoms with Crippen molar-refractivity contribution in [2.75, 3.05) is 12.0 Å². The van der Waals surface area contributed by atoms with Crippen LogP contribution in [-0.2, 0) is 24.2 Å². The second kappa shape index (κ2) is 3.45. The summed E-state index contributed by atoms with van der Waals surface area (Å²) >= 11 is 0. The number of sulfone groups is 1. The molecule has 0 amide bonds. The molecule has 0 aliphatic carbocycles. The molecule has 0 aromatic carbocycles. The van der Waals surface area contributed by atoms with Crippen molar-refractivity contribution < 1.29 is 22.7 Å². The molecule has 1 aliphatic heterocycles. The fourth-order valence-corrected chi connectivity index (χ4v) is 2.39. The van der Waals surface area contributed by atoms with Crippen LogP contribution >= 0.6 is 0 Å². The molecule has 0 saturated carbocycles. The van der Waals surface area contributed by atoms with Crippen LogP contribution in [0, 0.1) is 5.92 Å². The van der Waals surface area contributed by atoms with Gasteiger partial charge in [0, 0.05) is 6.26 Å². The lowest BCUT2D eigenvalue weighted by Gasteiger charge is -2.18. The Morgan fingerprint density at radius 3 is 2.15 bits per heavy atom. The van der Waals surface area contributed by atoms with E-state index in [2.05, 4.69) is 4.74 Å². The summed E-state index contributed by atoms with van der Waals surface area (Å²) in [4.78, 5) is 21.5. The lowest BCUT2D eigenvalue weighted by molar-refractivity contribution is -0.165. The SMILES string of the molecule is CS(=O)(=O)CC1CC(=O)OC(=O)C1. The quantitative estimate of drug-likeness (QED) is 0.450. The Morgan fingerprint density at radius 1 is 1.31 bits per heavy atom. The molecule has 1 rings (SSSR count). The summed E-state index contributed by atoms with van der Waals surface area (Å²) in [5.41, 5.74) is 0. The van der Waals surface area contributed by atoms with E-state index in [0.717, 1.165) is 6.26 Å². The number of rotatable bonds is 2. The number of carbonyl (C=O) groups is 2. The Hall–Kier alpha value is -0.910. The van der Waals surface area contributed by atoms with Crippen LogP contribution in [0.4, 0.5) is 0 Å². The molecule has 1 saturated heterocycles. The summed E-state index contributed by atoms with van der Waals surface area (Å²) < 4.78 is 26.0. The van der Waals surface area contributed by atoms with Gasteiger partial charge in [-0.25, -0.2) is 8.42 Å². The molecule has 0 aromatic heterocycles. The third kappa shape index (κ3) is 3.54. The second-order valence-electron chi connectivity index (χ2n) is 3.21. The Balaban J connectivity index is 2.61. The Kier molecular flexibility index (Phi) is 2.70. The molecule has 0 N–H and O–H groups in total. The van der Waals surface area contributed by atoms with E-state index in [-0.39, 0.29) is 18.6 Å². The molecular formula is C7H10O5S. The Bertz CT molecular complexity index is 313. The van der Waals surface area contributed by atoms with Crippen molar-refractivity contribution in [3.05, 3.63) is 0 Å². The third-order valence-corrected chi connectivity index (χ3v) is 2.75. The van der Waals surface area contributed by atoms with Crippen LogP contribution in [-0.4, -0.2) is 32.4 Å². The topological polar surface area (TPSA) is 77.5 Å². The molecule has 0 aromatic rings. The van der Waals surface area contributed by atoms with E-state index >= 15 is 0 Å². The summed E-state index contributed by atoms with van der Waals surface area (Å²) in [7, 11) is -3.13. The molecule has 1 aliphatic rings. The molecule has 13 heavy (non-hydrogen) atoms. The lowest BCUT2D eigenvalue weighted by Crippen LogP contribution is -2.29. The molecule has 0 bridgehead atoms. The zero-order valence-electron chi connectivity index (χ0n) is 7.15. The van der Waals surface area contributed by atoms with Gasteiger partial charge in [-0.2, -0.15) is 0 Å². The number of carbonyl (C=O) groups excluding carboxylic acids is 2. The van der Waals surface area contributed by atoms with Crippen molar-refractivity contribution in [3.8, 4) is 0 Å². The number of ether oxygens (including phenoxy) is 1.